The Balaban J connectivity index is 2.06. The van der Waals surface area contributed by atoms with E-state index in [0.717, 1.165) is 19.5 Å². The number of amides is 1. The third-order valence-electron chi connectivity index (χ3n) is 2.74. The van der Waals surface area contributed by atoms with Crippen molar-refractivity contribution in [1.29, 1.82) is 0 Å². The van der Waals surface area contributed by atoms with Crippen LogP contribution in [0.25, 0.3) is 0 Å². The molecule has 1 rings (SSSR count). The average Bonchev–Trinajstić information content (AvgIpc) is 2.80. The van der Waals surface area contributed by atoms with Gasteiger partial charge in [0.05, 0.1) is 6.54 Å². The molecule has 0 spiro atoms. The van der Waals surface area contributed by atoms with E-state index in [1.165, 1.54) is 0 Å². The van der Waals surface area contributed by atoms with Crippen molar-refractivity contribution in [1.82, 2.24) is 20.0 Å². The van der Waals surface area contributed by atoms with E-state index in [0.29, 0.717) is 6.54 Å². The SMILES string of the molecule is CC(C)N(C)C(=O)CNCCCn1cccn1. The molecule has 1 N–H and O–H groups in total. The fourth-order valence-electron chi connectivity index (χ4n) is 1.41. The van der Waals surface area contributed by atoms with Crippen LogP contribution in [0.4, 0.5) is 0 Å². The Morgan fingerprint density at radius 3 is 2.88 bits per heavy atom. The lowest BCUT2D eigenvalue weighted by atomic mass is 10.3. The Kier molecular flexibility index (Phi) is 5.69. The smallest absolute Gasteiger partial charge is 0.236 e. The second-order valence-electron chi connectivity index (χ2n) is 4.40. The zero-order valence-electron chi connectivity index (χ0n) is 10.9. The first-order chi connectivity index (χ1) is 8.11. The van der Waals surface area contributed by atoms with Crippen LogP contribution in [-0.2, 0) is 11.3 Å². The maximum atomic E-state index is 11.6. The van der Waals surface area contributed by atoms with Crippen LogP contribution in [-0.4, -0.2) is 46.8 Å². The van der Waals surface area contributed by atoms with E-state index in [4.69, 9.17) is 0 Å². The maximum Gasteiger partial charge on any atom is 0.236 e. The number of aromatic nitrogens is 2. The number of rotatable bonds is 7. The van der Waals surface area contributed by atoms with Gasteiger partial charge in [-0.2, -0.15) is 5.10 Å². The molecule has 1 heterocycles. The van der Waals surface area contributed by atoms with E-state index in [1.807, 2.05) is 37.8 Å². The summed E-state index contributed by atoms with van der Waals surface area (Å²) in [4.78, 5) is 13.4. The van der Waals surface area contributed by atoms with Crippen LogP contribution in [0.2, 0.25) is 0 Å². The molecule has 96 valence electrons. The molecule has 0 fully saturated rings. The van der Waals surface area contributed by atoms with Gasteiger partial charge in [0, 0.05) is 32.0 Å². The summed E-state index contributed by atoms with van der Waals surface area (Å²) < 4.78 is 1.89. The molecule has 17 heavy (non-hydrogen) atoms. The molecule has 0 aromatic carbocycles. The lowest BCUT2D eigenvalue weighted by Crippen LogP contribution is -2.39. The molecule has 0 aliphatic carbocycles. The molecule has 0 bridgehead atoms. The quantitative estimate of drug-likeness (QED) is 0.712. The summed E-state index contributed by atoms with van der Waals surface area (Å²) in [6, 6.07) is 2.17. The molecule has 0 aliphatic heterocycles. The van der Waals surface area contributed by atoms with Gasteiger partial charge in [-0.1, -0.05) is 0 Å². The minimum atomic E-state index is 0.138. The molecule has 0 unspecified atom stereocenters. The molecule has 0 saturated heterocycles. The van der Waals surface area contributed by atoms with Gasteiger partial charge >= 0.3 is 0 Å². The van der Waals surface area contributed by atoms with Crippen LogP contribution < -0.4 is 5.32 Å². The molecular weight excluding hydrogens is 216 g/mol. The highest BCUT2D eigenvalue weighted by Crippen LogP contribution is 1.93. The second-order valence-corrected chi connectivity index (χ2v) is 4.40. The molecule has 0 aliphatic rings. The largest absolute Gasteiger partial charge is 0.342 e. The number of hydrogen-bond acceptors (Lipinski definition) is 3. The Morgan fingerprint density at radius 1 is 1.53 bits per heavy atom. The van der Waals surface area contributed by atoms with Gasteiger partial charge in [-0.3, -0.25) is 9.48 Å². The number of nitrogens with one attached hydrogen (secondary N) is 1. The van der Waals surface area contributed by atoms with Gasteiger partial charge < -0.3 is 10.2 Å². The average molecular weight is 238 g/mol. The molecule has 1 aromatic heterocycles. The summed E-state index contributed by atoms with van der Waals surface area (Å²) in [5, 5.41) is 7.27. The van der Waals surface area contributed by atoms with E-state index >= 15 is 0 Å². The Hall–Kier alpha value is -1.36. The number of likely N-dealkylation sites (N-methyl/N-ethyl adjacent to an activating group) is 1. The van der Waals surface area contributed by atoms with Gasteiger partial charge in [-0.25, -0.2) is 0 Å². The zero-order valence-corrected chi connectivity index (χ0v) is 10.9. The fourth-order valence-corrected chi connectivity index (χ4v) is 1.41. The third-order valence-corrected chi connectivity index (χ3v) is 2.74. The minimum Gasteiger partial charge on any atom is -0.342 e. The van der Waals surface area contributed by atoms with E-state index in [1.54, 1.807) is 11.1 Å². The Morgan fingerprint density at radius 2 is 2.29 bits per heavy atom. The zero-order chi connectivity index (χ0) is 12.7. The van der Waals surface area contributed by atoms with Crippen molar-refractivity contribution >= 4 is 5.91 Å². The van der Waals surface area contributed by atoms with Crippen LogP contribution in [0.3, 0.4) is 0 Å². The molecule has 5 heteroatoms. The molecule has 5 nitrogen and oxygen atoms in total. The first kappa shape index (κ1) is 13.7. The number of carbonyl (C=O) groups excluding carboxylic acids is 1. The summed E-state index contributed by atoms with van der Waals surface area (Å²) in [6.45, 7) is 6.14. The summed E-state index contributed by atoms with van der Waals surface area (Å²) in [5.41, 5.74) is 0. The van der Waals surface area contributed by atoms with Crippen LogP contribution in [0.15, 0.2) is 18.5 Å². The maximum absolute atomic E-state index is 11.6. The standard InChI is InChI=1S/C12H22N4O/c1-11(2)15(3)12(17)10-13-6-4-8-16-9-5-7-14-16/h5,7,9,11,13H,4,6,8,10H2,1-3H3. The van der Waals surface area contributed by atoms with E-state index in [9.17, 15) is 4.79 Å². The van der Waals surface area contributed by atoms with Crippen molar-refractivity contribution < 1.29 is 4.79 Å². The van der Waals surface area contributed by atoms with Gasteiger partial charge in [0.1, 0.15) is 0 Å². The predicted molar refractivity (Wildman–Crippen MR) is 67.6 cm³/mol. The van der Waals surface area contributed by atoms with Gasteiger partial charge in [0.25, 0.3) is 0 Å². The molecule has 0 saturated carbocycles. The number of nitrogens with zero attached hydrogens (tertiary/aromatic N) is 3. The lowest BCUT2D eigenvalue weighted by Gasteiger charge is -2.21. The minimum absolute atomic E-state index is 0.138. The monoisotopic (exact) mass is 238 g/mol. The van der Waals surface area contributed by atoms with Crippen molar-refractivity contribution in [2.45, 2.75) is 32.9 Å². The van der Waals surface area contributed by atoms with Gasteiger partial charge in [-0.05, 0) is 32.9 Å². The van der Waals surface area contributed by atoms with Crippen LogP contribution >= 0.6 is 0 Å². The number of hydrogen-bond donors (Lipinski definition) is 1. The topological polar surface area (TPSA) is 50.2 Å². The molecule has 0 atom stereocenters. The molecule has 1 aromatic rings. The molecular formula is C12H22N4O. The van der Waals surface area contributed by atoms with Crippen LogP contribution in [0.5, 0.6) is 0 Å². The highest BCUT2D eigenvalue weighted by Gasteiger charge is 2.10. The first-order valence-electron chi connectivity index (χ1n) is 6.05. The second kappa shape index (κ2) is 7.06. The van der Waals surface area contributed by atoms with Crippen molar-refractivity contribution in [2.24, 2.45) is 0 Å². The van der Waals surface area contributed by atoms with Gasteiger partial charge in [-0.15, -0.1) is 0 Å². The lowest BCUT2D eigenvalue weighted by molar-refractivity contribution is -0.130. The first-order valence-corrected chi connectivity index (χ1v) is 6.05. The Labute approximate surface area is 103 Å². The van der Waals surface area contributed by atoms with Crippen molar-refractivity contribution in [2.75, 3.05) is 20.1 Å². The van der Waals surface area contributed by atoms with E-state index in [-0.39, 0.29) is 11.9 Å². The van der Waals surface area contributed by atoms with E-state index in [2.05, 4.69) is 10.4 Å². The van der Waals surface area contributed by atoms with Gasteiger partial charge in [0.2, 0.25) is 5.91 Å². The normalized spacial score (nSPS) is 10.8. The summed E-state index contributed by atoms with van der Waals surface area (Å²) in [5.74, 6) is 0.138. The van der Waals surface area contributed by atoms with Crippen molar-refractivity contribution in [3.8, 4) is 0 Å². The summed E-state index contributed by atoms with van der Waals surface area (Å²) in [6.07, 6.45) is 4.69. The number of carbonyl (C=O) groups is 1. The van der Waals surface area contributed by atoms with Crippen molar-refractivity contribution in [3.63, 3.8) is 0 Å². The highest BCUT2D eigenvalue weighted by molar-refractivity contribution is 5.78. The molecule has 1 amide bonds. The highest BCUT2D eigenvalue weighted by atomic mass is 16.2. The van der Waals surface area contributed by atoms with Gasteiger partial charge in [0.15, 0.2) is 0 Å². The predicted octanol–water partition coefficient (Wildman–Crippen LogP) is 0.730. The number of aryl methyl sites for hydroxylation is 1. The summed E-state index contributed by atoms with van der Waals surface area (Å²) in [7, 11) is 1.83. The van der Waals surface area contributed by atoms with Crippen LogP contribution in [0, 0.1) is 0 Å². The molecule has 0 radical (unpaired) electrons. The third kappa shape index (κ3) is 4.99. The van der Waals surface area contributed by atoms with Crippen molar-refractivity contribution in [3.05, 3.63) is 18.5 Å². The fraction of sp³-hybridized carbons (Fsp3) is 0.667. The Bertz CT molecular complexity index is 321. The van der Waals surface area contributed by atoms with E-state index < -0.39 is 0 Å². The summed E-state index contributed by atoms with van der Waals surface area (Å²) >= 11 is 0. The van der Waals surface area contributed by atoms with Crippen LogP contribution in [0.1, 0.15) is 20.3 Å².